The monoisotopic (exact) mass is 290 g/mol. The molecule has 0 aliphatic rings. The summed E-state index contributed by atoms with van der Waals surface area (Å²) in [5.74, 6) is 0.428. The highest BCUT2D eigenvalue weighted by Gasteiger charge is 2.31. The highest BCUT2D eigenvalue weighted by molar-refractivity contribution is 5.49. The lowest BCUT2D eigenvalue weighted by atomic mass is 10.2. The number of hydrogen-bond donors (Lipinski definition) is 2. The smallest absolute Gasteiger partial charge is 0.373 e. The van der Waals surface area contributed by atoms with Crippen LogP contribution in [0.15, 0.2) is 12.1 Å². The first-order valence-corrected chi connectivity index (χ1v) is 6.40. The van der Waals surface area contributed by atoms with Crippen molar-refractivity contribution in [1.82, 2.24) is 9.88 Å². The summed E-state index contributed by atoms with van der Waals surface area (Å²) >= 11 is 0. The Labute approximate surface area is 117 Å². The van der Waals surface area contributed by atoms with Crippen LogP contribution in [0.4, 0.5) is 24.8 Å². The van der Waals surface area contributed by atoms with Crippen LogP contribution in [0.1, 0.15) is 18.9 Å². The molecule has 7 heteroatoms. The molecule has 20 heavy (non-hydrogen) atoms. The maximum absolute atomic E-state index is 12.8. The largest absolute Gasteiger partial charge is 0.416 e. The van der Waals surface area contributed by atoms with Crippen LogP contribution < -0.4 is 10.6 Å². The second-order valence-corrected chi connectivity index (χ2v) is 5.01. The molecule has 0 aliphatic carbocycles. The molecule has 1 atom stereocenters. The summed E-state index contributed by atoms with van der Waals surface area (Å²) in [4.78, 5) is 6.12. The molecule has 0 radical (unpaired) electrons. The lowest BCUT2D eigenvalue weighted by Crippen LogP contribution is -2.23. The van der Waals surface area contributed by atoms with E-state index in [0.717, 1.165) is 25.1 Å². The molecule has 4 nitrogen and oxygen atoms in total. The normalized spacial score (nSPS) is 13.4. The van der Waals surface area contributed by atoms with Gasteiger partial charge in [-0.1, -0.05) is 0 Å². The van der Waals surface area contributed by atoms with Crippen molar-refractivity contribution in [2.75, 3.05) is 38.3 Å². The number of halogens is 3. The number of nitrogens with zero attached hydrogens (tertiary/aromatic N) is 2. The Morgan fingerprint density at radius 3 is 2.35 bits per heavy atom. The van der Waals surface area contributed by atoms with Gasteiger partial charge in [-0.05, 0) is 46.1 Å². The second-order valence-electron chi connectivity index (χ2n) is 5.01. The van der Waals surface area contributed by atoms with Crippen LogP contribution in [0.3, 0.4) is 0 Å². The van der Waals surface area contributed by atoms with Crippen LogP contribution in [0, 0.1) is 0 Å². The minimum Gasteiger partial charge on any atom is -0.373 e. The van der Waals surface area contributed by atoms with Crippen LogP contribution >= 0.6 is 0 Å². The van der Waals surface area contributed by atoms with Gasteiger partial charge in [0.2, 0.25) is 0 Å². The fourth-order valence-corrected chi connectivity index (χ4v) is 1.67. The molecule has 114 valence electrons. The topological polar surface area (TPSA) is 40.2 Å². The quantitative estimate of drug-likeness (QED) is 0.845. The van der Waals surface area contributed by atoms with E-state index in [0.29, 0.717) is 0 Å². The van der Waals surface area contributed by atoms with Crippen molar-refractivity contribution >= 4 is 11.6 Å². The summed E-state index contributed by atoms with van der Waals surface area (Å²) in [5, 5.41) is 5.65. The van der Waals surface area contributed by atoms with E-state index < -0.39 is 11.7 Å². The van der Waals surface area contributed by atoms with Gasteiger partial charge in [-0.15, -0.1) is 0 Å². The maximum Gasteiger partial charge on any atom is 0.416 e. The average Bonchev–Trinajstić information content (AvgIpc) is 2.34. The standard InChI is InChI=1S/C13H21F3N4/c1-9(5-6-20(3)4)18-12-8-10(13(14,15)16)7-11(17-2)19-12/h7-9H,5-6H2,1-4H3,(H2,17,18,19). The molecule has 1 heterocycles. The highest BCUT2D eigenvalue weighted by Crippen LogP contribution is 2.32. The summed E-state index contributed by atoms with van der Waals surface area (Å²) in [6.45, 7) is 2.77. The van der Waals surface area contributed by atoms with Gasteiger partial charge in [0.25, 0.3) is 0 Å². The molecular weight excluding hydrogens is 269 g/mol. The van der Waals surface area contributed by atoms with Gasteiger partial charge in [0.05, 0.1) is 5.56 Å². The van der Waals surface area contributed by atoms with Crippen LogP contribution in [0.25, 0.3) is 0 Å². The molecule has 0 spiro atoms. The Balaban J connectivity index is 2.84. The molecule has 2 N–H and O–H groups in total. The molecule has 1 rings (SSSR count). The van der Waals surface area contributed by atoms with Crippen LogP contribution in [-0.2, 0) is 6.18 Å². The zero-order valence-corrected chi connectivity index (χ0v) is 12.2. The van der Waals surface area contributed by atoms with E-state index in [-0.39, 0.29) is 17.7 Å². The zero-order chi connectivity index (χ0) is 15.3. The van der Waals surface area contributed by atoms with Gasteiger partial charge in [0, 0.05) is 13.1 Å². The summed E-state index contributed by atoms with van der Waals surface area (Å²) in [6, 6.07) is 2.07. The van der Waals surface area contributed by atoms with Crippen molar-refractivity contribution in [2.24, 2.45) is 0 Å². The molecule has 1 aromatic rings. The third kappa shape index (κ3) is 5.24. The molecule has 0 bridgehead atoms. The predicted octanol–water partition coefficient (Wildman–Crippen LogP) is 2.89. The van der Waals surface area contributed by atoms with E-state index in [9.17, 15) is 13.2 Å². The molecule has 0 fully saturated rings. The zero-order valence-electron chi connectivity index (χ0n) is 12.2. The van der Waals surface area contributed by atoms with Gasteiger partial charge in [-0.3, -0.25) is 0 Å². The molecule has 0 aromatic carbocycles. The molecule has 1 unspecified atom stereocenters. The van der Waals surface area contributed by atoms with Crippen molar-refractivity contribution in [1.29, 1.82) is 0 Å². The first kappa shape index (κ1) is 16.6. The number of pyridine rings is 1. The van der Waals surface area contributed by atoms with Gasteiger partial charge in [0.1, 0.15) is 11.6 Å². The van der Waals surface area contributed by atoms with E-state index in [1.165, 1.54) is 0 Å². The minimum atomic E-state index is -4.38. The van der Waals surface area contributed by atoms with Crippen molar-refractivity contribution in [3.05, 3.63) is 17.7 Å². The molecular formula is C13H21F3N4. The SMILES string of the molecule is CNc1cc(C(F)(F)F)cc(NC(C)CCN(C)C)n1. The summed E-state index contributed by atoms with van der Waals surface area (Å²) in [7, 11) is 5.45. The van der Waals surface area contributed by atoms with E-state index >= 15 is 0 Å². The average molecular weight is 290 g/mol. The van der Waals surface area contributed by atoms with Gasteiger partial charge < -0.3 is 15.5 Å². The number of nitrogens with one attached hydrogen (secondary N) is 2. The maximum atomic E-state index is 12.8. The number of hydrogen-bond acceptors (Lipinski definition) is 4. The van der Waals surface area contributed by atoms with Crippen LogP contribution in [0.5, 0.6) is 0 Å². The minimum absolute atomic E-state index is 0.0399. The molecule has 0 amide bonds. The fourth-order valence-electron chi connectivity index (χ4n) is 1.67. The van der Waals surface area contributed by atoms with E-state index in [1.807, 2.05) is 25.9 Å². The van der Waals surface area contributed by atoms with E-state index in [1.54, 1.807) is 7.05 Å². The van der Waals surface area contributed by atoms with Crippen LogP contribution in [-0.4, -0.2) is 43.6 Å². The number of alkyl halides is 3. The summed E-state index contributed by atoms with van der Waals surface area (Å²) < 4.78 is 38.4. The Morgan fingerprint density at radius 1 is 1.25 bits per heavy atom. The summed E-state index contributed by atoms with van der Waals surface area (Å²) in [5.41, 5.74) is -0.709. The Morgan fingerprint density at radius 2 is 1.85 bits per heavy atom. The Hall–Kier alpha value is -1.50. The number of anilines is 2. The molecule has 0 saturated heterocycles. The number of rotatable bonds is 6. The van der Waals surface area contributed by atoms with Crippen molar-refractivity contribution < 1.29 is 13.2 Å². The Kier molecular flexibility index (Phi) is 5.62. The van der Waals surface area contributed by atoms with Crippen LogP contribution in [0.2, 0.25) is 0 Å². The third-order valence-corrected chi connectivity index (χ3v) is 2.81. The molecule has 0 aliphatic heterocycles. The van der Waals surface area contributed by atoms with Crippen molar-refractivity contribution in [3.8, 4) is 0 Å². The first-order valence-electron chi connectivity index (χ1n) is 6.40. The molecule has 0 saturated carbocycles. The van der Waals surface area contributed by atoms with Gasteiger partial charge >= 0.3 is 6.18 Å². The van der Waals surface area contributed by atoms with Crippen molar-refractivity contribution in [3.63, 3.8) is 0 Å². The third-order valence-electron chi connectivity index (χ3n) is 2.81. The van der Waals surface area contributed by atoms with Crippen molar-refractivity contribution in [2.45, 2.75) is 25.6 Å². The summed E-state index contributed by atoms with van der Waals surface area (Å²) in [6.07, 6.45) is -3.56. The van der Waals surface area contributed by atoms with Gasteiger partial charge in [0.15, 0.2) is 0 Å². The molecule has 1 aromatic heterocycles. The fraction of sp³-hybridized carbons (Fsp3) is 0.615. The first-order chi connectivity index (χ1) is 9.22. The second kappa shape index (κ2) is 6.78. The Bertz CT molecular complexity index is 432. The lowest BCUT2D eigenvalue weighted by molar-refractivity contribution is -0.137. The predicted molar refractivity (Wildman–Crippen MR) is 75.0 cm³/mol. The van der Waals surface area contributed by atoms with Gasteiger partial charge in [-0.25, -0.2) is 4.98 Å². The highest BCUT2D eigenvalue weighted by atomic mass is 19.4. The van der Waals surface area contributed by atoms with E-state index in [2.05, 4.69) is 15.6 Å². The van der Waals surface area contributed by atoms with Gasteiger partial charge in [-0.2, -0.15) is 13.2 Å². The number of aromatic nitrogens is 1. The van der Waals surface area contributed by atoms with E-state index in [4.69, 9.17) is 0 Å². The lowest BCUT2D eigenvalue weighted by Gasteiger charge is -2.18.